The molecule has 0 aliphatic carbocycles. The van der Waals surface area contributed by atoms with E-state index in [4.69, 9.17) is 34.8 Å². The highest BCUT2D eigenvalue weighted by Crippen LogP contribution is 2.35. The first-order chi connectivity index (χ1) is 8.91. The Labute approximate surface area is 125 Å². The van der Waals surface area contributed by atoms with Crippen molar-refractivity contribution in [2.24, 2.45) is 0 Å². The van der Waals surface area contributed by atoms with E-state index >= 15 is 0 Å². The van der Waals surface area contributed by atoms with Crippen LogP contribution >= 0.6 is 34.8 Å². The average molecular weight is 316 g/mol. The van der Waals surface area contributed by atoms with Gasteiger partial charge >= 0.3 is 7.12 Å². The fourth-order valence-corrected chi connectivity index (χ4v) is 2.44. The molecule has 7 heteroatoms. The van der Waals surface area contributed by atoms with Crippen molar-refractivity contribution < 1.29 is 10.0 Å². The minimum absolute atomic E-state index is 0.353. The Morgan fingerprint density at radius 2 is 1.68 bits per heavy atom. The van der Waals surface area contributed by atoms with Crippen molar-refractivity contribution in [3.05, 3.63) is 45.0 Å². The molecule has 0 fully saturated rings. The number of rotatable bonds is 2. The summed E-state index contributed by atoms with van der Waals surface area (Å²) in [5, 5.41) is 19.7. The topological polar surface area (TPSA) is 53.4 Å². The summed E-state index contributed by atoms with van der Waals surface area (Å²) in [7, 11) is -1.57. The highest BCUT2D eigenvalue weighted by molar-refractivity contribution is 6.59. The van der Waals surface area contributed by atoms with Crippen LogP contribution in [0.1, 0.15) is 5.56 Å². The van der Waals surface area contributed by atoms with Crippen LogP contribution in [0.3, 0.4) is 0 Å². The van der Waals surface area contributed by atoms with Crippen LogP contribution in [0.4, 0.5) is 0 Å². The van der Waals surface area contributed by atoms with Crippen LogP contribution in [0, 0.1) is 6.92 Å². The SMILES string of the molecule is Cc1c(B(O)O)ccnc1-c1cc(Cl)c(Cl)cc1Cl. The van der Waals surface area contributed by atoms with Crippen molar-refractivity contribution in [1.82, 2.24) is 4.98 Å². The van der Waals surface area contributed by atoms with Crippen LogP contribution in [-0.2, 0) is 0 Å². The molecule has 1 aromatic carbocycles. The van der Waals surface area contributed by atoms with Crippen LogP contribution in [0.25, 0.3) is 11.3 Å². The number of hydrogen-bond donors (Lipinski definition) is 2. The first-order valence-corrected chi connectivity index (χ1v) is 6.51. The predicted molar refractivity (Wildman–Crippen MR) is 79.3 cm³/mol. The Balaban J connectivity index is 2.66. The lowest BCUT2D eigenvalue weighted by Crippen LogP contribution is -2.32. The third-order valence-electron chi connectivity index (χ3n) is 2.79. The molecule has 0 atom stereocenters. The van der Waals surface area contributed by atoms with Gasteiger partial charge in [-0.25, -0.2) is 0 Å². The number of nitrogens with zero attached hydrogens (tertiary/aromatic N) is 1. The van der Waals surface area contributed by atoms with E-state index < -0.39 is 7.12 Å². The minimum atomic E-state index is -1.57. The molecule has 0 aliphatic heterocycles. The summed E-state index contributed by atoms with van der Waals surface area (Å²) >= 11 is 18.0. The van der Waals surface area contributed by atoms with E-state index in [0.29, 0.717) is 37.4 Å². The zero-order valence-electron chi connectivity index (χ0n) is 9.86. The Morgan fingerprint density at radius 1 is 1.05 bits per heavy atom. The number of halogens is 3. The van der Waals surface area contributed by atoms with E-state index in [0.717, 1.165) is 0 Å². The molecule has 0 radical (unpaired) electrons. The summed E-state index contributed by atoms with van der Waals surface area (Å²) in [6.45, 7) is 1.73. The molecule has 98 valence electrons. The maximum absolute atomic E-state index is 9.29. The summed E-state index contributed by atoms with van der Waals surface area (Å²) in [6, 6.07) is 4.67. The largest absolute Gasteiger partial charge is 0.488 e. The zero-order valence-corrected chi connectivity index (χ0v) is 12.1. The highest BCUT2D eigenvalue weighted by Gasteiger charge is 2.19. The molecule has 19 heavy (non-hydrogen) atoms. The van der Waals surface area contributed by atoms with Crippen molar-refractivity contribution in [3.8, 4) is 11.3 Å². The summed E-state index contributed by atoms with van der Waals surface area (Å²) in [4.78, 5) is 4.21. The smallest absolute Gasteiger partial charge is 0.423 e. The molecule has 0 amide bonds. The fraction of sp³-hybridized carbons (Fsp3) is 0.0833. The van der Waals surface area contributed by atoms with E-state index in [2.05, 4.69) is 4.98 Å². The van der Waals surface area contributed by atoms with Gasteiger partial charge in [0.25, 0.3) is 0 Å². The van der Waals surface area contributed by atoms with Crippen LogP contribution in [0.5, 0.6) is 0 Å². The summed E-state index contributed by atoms with van der Waals surface area (Å²) < 4.78 is 0. The van der Waals surface area contributed by atoms with Gasteiger partial charge in [-0.05, 0) is 36.1 Å². The summed E-state index contributed by atoms with van der Waals surface area (Å²) in [5.74, 6) is 0. The van der Waals surface area contributed by atoms with E-state index in [9.17, 15) is 10.0 Å². The molecule has 2 N–H and O–H groups in total. The molecule has 2 aromatic rings. The molecule has 0 spiro atoms. The molecule has 3 nitrogen and oxygen atoms in total. The third-order valence-corrected chi connectivity index (χ3v) is 3.82. The van der Waals surface area contributed by atoms with E-state index in [1.54, 1.807) is 13.0 Å². The van der Waals surface area contributed by atoms with Gasteiger partial charge in [-0.2, -0.15) is 0 Å². The van der Waals surface area contributed by atoms with Gasteiger partial charge in [0.2, 0.25) is 0 Å². The first kappa shape index (κ1) is 14.6. The third kappa shape index (κ3) is 2.88. The minimum Gasteiger partial charge on any atom is -0.423 e. The molecule has 0 unspecified atom stereocenters. The van der Waals surface area contributed by atoms with Crippen molar-refractivity contribution in [1.29, 1.82) is 0 Å². The Kier molecular flexibility index (Phi) is 4.38. The van der Waals surface area contributed by atoms with Gasteiger partial charge in [-0.3, -0.25) is 4.98 Å². The van der Waals surface area contributed by atoms with Crippen molar-refractivity contribution in [2.75, 3.05) is 0 Å². The second-order valence-corrected chi connectivity index (χ2v) is 5.22. The van der Waals surface area contributed by atoms with Gasteiger partial charge in [0, 0.05) is 11.8 Å². The van der Waals surface area contributed by atoms with E-state index in [1.807, 2.05) is 0 Å². The second-order valence-electron chi connectivity index (χ2n) is 3.99. The number of benzene rings is 1. The lowest BCUT2D eigenvalue weighted by atomic mass is 9.77. The Hall–Kier alpha value is -0.775. The van der Waals surface area contributed by atoms with Crippen LogP contribution in [-0.4, -0.2) is 22.2 Å². The van der Waals surface area contributed by atoms with Crippen LogP contribution in [0.2, 0.25) is 15.1 Å². The monoisotopic (exact) mass is 315 g/mol. The molecule has 1 heterocycles. The lowest BCUT2D eigenvalue weighted by molar-refractivity contribution is 0.425. The van der Waals surface area contributed by atoms with E-state index in [1.165, 1.54) is 18.3 Å². The van der Waals surface area contributed by atoms with Gasteiger partial charge in [-0.15, -0.1) is 0 Å². The van der Waals surface area contributed by atoms with Crippen molar-refractivity contribution in [3.63, 3.8) is 0 Å². The number of hydrogen-bond acceptors (Lipinski definition) is 3. The summed E-state index contributed by atoms with van der Waals surface area (Å²) in [6.07, 6.45) is 1.48. The molecular weight excluding hydrogens is 307 g/mol. The van der Waals surface area contributed by atoms with Gasteiger partial charge in [0.05, 0.1) is 20.8 Å². The fourth-order valence-electron chi connectivity index (χ4n) is 1.81. The standard InChI is InChI=1S/C12H9BCl3NO2/c1-6-8(13(18)19)2-3-17-12(6)7-4-10(15)11(16)5-9(7)14/h2-5,18-19H,1H3. The van der Waals surface area contributed by atoms with Gasteiger partial charge in [0.15, 0.2) is 0 Å². The molecule has 2 rings (SSSR count). The molecule has 1 aromatic heterocycles. The van der Waals surface area contributed by atoms with Gasteiger partial charge in [-0.1, -0.05) is 34.8 Å². The number of pyridine rings is 1. The Morgan fingerprint density at radius 3 is 2.32 bits per heavy atom. The number of aromatic nitrogens is 1. The molecule has 0 saturated heterocycles. The highest BCUT2D eigenvalue weighted by atomic mass is 35.5. The van der Waals surface area contributed by atoms with E-state index in [-0.39, 0.29) is 0 Å². The second kappa shape index (κ2) is 5.69. The van der Waals surface area contributed by atoms with Gasteiger partial charge in [0.1, 0.15) is 0 Å². The van der Waals surface area contributed by atoms with Crippen LogP contribution < -0.4 is 5.46 Å². The van der Waals surface area contributed by atoms with Crippen LogP contribution in [0.15, 0.2) is 24.4 Å². The maximum atomic E-state index is 9.29. The quantitative estimate of drug-likeness (QED) is 0.661. The van der Waals surface area contributed by atoms with Crippen molar-refractivity contribution in [2.45, 2.75) is 6.92 Å². The molecule has 0 aliphatic rings. The Bertz CT molecular complexity index is 635. The molecular formula is C12H9BCl3NO2. The first-order valence-electron chi connectivity index (χ1n) is 5.38. The average Bonchev–Trinajstić information content (AvgIpc) is 2.34. The summed E-state index contributed by atoms with van der Waals surface area (Å²) in [5.41, 5.74) is 2.12. The molecule has 0 saturated carbocycles. The lowest BCUT2D eigenvalue weighted by Gasteiger charge is -2.12. The zero-order chi connectivity index (χ0) is 14.2. The van der Waals surface area contributed by atoms with Crippen molar-refractivity contribution >= 4 is 47.4 Å². The molecule has 0 bridgehead atoms. The predicted octanol–water partition coefficient (Wildman–Crippen LogP) is 2.70. The maximum Gasteiger partial charge on any atom is 0.488 e. The van der Waals surface area contributed by atoms with Gasteiger partial charge < -0.3 is 10.0 Å². The normalized spacial score (nSPS) is 10.6.